The van der Waals surface area contributed by atoms with Gasteiger partial charge in [0.1, 0.15) is 0 Å². The third-order valence-corrected chi connectivity index (χ3v) is 5.02. The maximum absolute atomic E-state index is 12.3. The summed E-state index contributed by atoms with van der Waals surface area (Å²) in [6.45, 7) is 3.81. The summed E-state index contributed by atoms with van der Waals surface area (Å²) < 4.78 is 27.3. The molecule has 1 fully saturated rings. The number of sulfonamides is 1. The van der Waals surface area contributed by atoms with Gasteiger partial charge in [0.2, 0.25) is 10.0 Å². The standard InChI is InChI=1S/C14H19N3O2S/c1-12-3-2-4-14(11-12)20(18,19)16-13-5-8-17(9-6-13)10-7-15/h2-4,11,13,16H,5-6,8-10H2,1H3. The summed E-state index contributed by atoms with van der Waals surface area (Å²) in [6, 6.07) is 8.98. The van der Waals surface area contributed by atoms with Crippen LogP contribution >= 0.6 is 0 Å². The van der Waals surface area contributed by atoms with Crippen molar-refractivity contribution in [3.05, 3.63) is 29.8 Å². The zero-order chi connectivity index (χ0) is 14.6. The van der Waals surface area contributed by atoms with E-state index in [0.29, 0.717) is 11.4 Å². The van der Waals surface area contributed by atoms with E-state index in [1.807, 2.05) is 17.9 Å². The largest absolute Gasteiger partial charge is 0.290 e. The predicted molar refractivity (Wildman–Crippen MR) is 76.6 cm³/mol. The zero-order valence-corrected chi connectivity index (χ0v) is 12.4. The van der Waals surface area contributed by atoms with Crippen molar-refractivity contribution in [3.63, 3.8) is 0 Å². The summed E-state index contributed by atoms with van der Waals surface area (Å²) in [5.74, 6) is 0. The van der Waals surface area contributed by atoms with Crippen molar-refractivity contribution < 1.29 is 8.42 Å². The SMILES string of the molecule is Cc1cccc(S(=O)(=O)NC2CCN(CC#N)CC2)c1. The Morgan fingerprint density at radius 3 is 2.70 bits per heavy atom. The van der Waals surface area contributed by atoms with Crippen LogP contribution in [0.1, 0.15) is 18.4 Å². The van der Waals surface area contributed by atoms with Crippen molar-refractivity contribution >= 4 is 10.0 Å². The molecule has 20 heavy (non-hydrogen) atoms. The molecular weight excluding hydrogens is 274 g/mol. The molecule has 0 aromatic heterocycles. The van der Waals surface area contributed by atoms with Gasteiger partial charge >= 0.3 is 0 Å². The Kier molecular flexibility index (Phi) is 4.76. The van der Waals surface area contributed by atoms with Crippen LogP contribution in [-0.2, 0) is 10.0 Å². The van der Waals surface area contributed by atoms with E-state index in [0.717, 1.165) is 31.5 Å². The Labute approximate surface area is 120 Å². The monoisotopic (exact) mass is 293 g/mol. The van der Waals surface area contributed by atoms with Crippen LogP contribution in [0.2, 0.25) is 0 Å². The van der Waals surface area contributed by atoms with Gasteiger partial charge in [0.25, 0.3) is 0 Å². The van der Waals surface area contributed by atoms with Crippen LogP contribution in [0.25, 0.3) is 0 Å². The number of aryl methyl sites for hydroxylation is 1. The molecule has 0 aliphatic carbocycles. The lowest BCUT2D eigenvalue weighted by atomic mass is 10.1. The number of piperidine rings is 1. The summed E-state index contributed by atoms with van der Waals surface area (Å²) in [5.41, 5.74) is 0.928. The molecule has 0 amide bonds. The van der Waals surface area contributed by atoms with Gasteiger partial charge in [-0.25, -0.2) is 13.1 Å². The van der Waals surface area contributed by atoms with Crippen molar-refractivity contribution in [3.8, 4) is 6.07 Å². The Morgan fingerprint density at radius 1 is 1.40 bits per heavy atom. The summed E-state index contributed by atoms with van der Waals surface area (Å²) in [4.78, 5) is 2.36. The molecule has 1 aliphatic rings. The molecule has 0 saturated carbocycles. The quantitative estimate of drug-likeness (QED) is 0.848. The van der Waals surface area contributed by atoms with E-state index < -0.39 is 10.0 Å². The second kappa shape index (κ2) is 6.35. The van der Waals surface area contributed by atoms with Crippen molar-refractivity contribution in [1.82, 2.24) is 9.62 Å². The van der Waals surface area contributed by atoms with E-state index >= 15 is 0 Å². The molecular formula is C14H19N3O2S. The molecule has 6 heteroatoms. The van der Waals surface area contributed by atoms with Crippen LogP contribution in [0.15, 0.2) is 29.2 Å². The lowest BCUT2D eigenvalue weighted by molar-refractivity contribution is 0.229. The maximum Gasteiger partial charge on any atom is 0.240 e. The number of likely N-dealkylation sites (tertiary alicyclic amines) is 1. The maximum atomic E-state index is 12.3. The van der Waals surface area contributed by atoms with Gasteiger partial charge in [0, 0.05) is 19.1 Å². The highest BCUT2D eigenvalue weighted by molar-refractivity contribution is 7.89. The molecule has 5 nitrogen and oxygen atoms in total. The van der Waals surface area contributed by atoms with Crippen LogP contribution in [0.3, 0.4) is 0 Å². The third-order valence-electron chi connectivity index (χ3n) is 3.50. The average Bonchev–Trinajstić information content (AvgIpc) is 2.41. The highest BCUT2D eigenvalue weighted by atomic mass is 32.2. The van der Waals surface area contributed by atoms with Crippen LogP contribution in [-0.4, -0.2) is 39.0 Å². The Bertz CT molecular complexity index is 599. The summed E-state index contributed by atoms with van der Waals surface area (Å²) in [7, 11) is -3.45. The topological polar surface area (TPSA) is 73.2 Å². The summed E-state index contributed by atoms with van der Waals surface area (Å²) in [6.07, 6.45) is 1.49. The van der Waals surface area contributed by atoms with Crippen LogP contribution in [0.5, 0.6) is 0 Å². The molecule has 1 aromatic carbocycles. The molecule has 1 aromatic rings. The fourth-order valence-electron chi connectivity index (χ4n) is 2.38. The molecule has 0 radical (unpaired) electrons. The predicted octanol–water partition coefficient (Wildman–Crippen LogP) is 1.26. The average molecular weight is 293 g/mol. The Hall–Kier alpha value is -1.42. The van der Waals surface area contributed by atoms with Gasteiger partial charge in [-0.15, -0.1) is 0 Å². The molecule has 0 unspecified atom stereocenters. The lowest BCUT2D eigenvalue weighted by Gasteiger charge is -2.30. The van der Waals surface area contributed by atoms with Gasteiger partial charge in [-0.05, 0) is 37.5 Å². The number of hydrogen-bond acceptors (Lipinski definition) is 4. The van der Waals surface area contributed by atoms with Crippen LogP contribution < -0.4 is 4.72 Å². The number of hydrogen-bond donors (Lipinski definition) is 1. The summed E-state index contributed by atoms with van der Waals surface area (Å²) in [5, 5.41) is 8.64. The fourth-order valence-corrected chi connectivity index (χ4v) is 3.79. The normalized spacial score (nSPS) is 17.8. The molecule has 0 bridgehead atoms. The van der Waals surface area contributed by atoms with Gasteiger partial charge in [-0.1, -0.05) is 12.1 Å². The Balaban J connectivity index is 1.98. The van der Waals surface area contributed by atoms with E-state index in [1.54, 1.807) is 18.2 Å². The molecule has 0 spiro atoms. The molecule has 0 atom stereocenters. The minimum Gasteiger partial charge on any atom is -0.290 e. The van der Waals surface area contributed by atoms with Crippen molar-refractivity contribution in [2.75, 3.05) is 19.6 Å². The molecule has 108 valence electrons. The summed E-state index contributed by atoms with van der Waals surface area (Å²) >= 11 is 0. The first-order chi connectivity index (χ1) is 9.51. The number of benzene rings is 1. The van der Waals surface area contributed by atoms with E-state index in [9.17, 15) is 8.42 Å². The van der Waals surface area contributed by atoms with Gasteiger partial charge in [-0.3, -0.25) is 4.90 Å². The molecule has 1 aliphatic heterocycles. The highest BCUT2D eigenvalue weighted by Crippen LogP contribution is 2.15. The van der Waals surface area contributed by atoms with Crippen molar-refractivity contribution in [2.45, 2.75) is 30.7 Å². The minimum atomic E-state index is -3.45. The number of rotatable bonds is 4. The first-order valence-electron chi connectivity index (χ1n) is 6.69. The van der Waals surface area contributed by atoms with Gasteiger partial charge in [0.15, 0.2) is 0 Å². The van der Waals surface area contributed by atoms with Crippen LogP contribution in [0.4, 0.5) is 0 Å². The fraction of sp³-hybridized carbons (Fsp3) is 0.500. The van der Waals surface area contributed by atoms with Gasteiger partial charge in [0.05, 0.1) is 17.5 Å². The van der Waals surface area contributed by atoms with Gasteiger partial charge in [-0.2, -0.15) is 5.26 Å². The Morgan fingerprint density at radius 2 is 2.10 bits per heavy atom. The zero-order valence-electron chi connectivity index (χ0n) is 11.5. The molecule has 2 rings (SSSR count). The molecule has 1 N–H and O–H groups in total. The van der Waals surface area contributed by atoms with E-state index in [2.05, 4.69) is 10.8 Å². The highest BCUT2D eigenvalue weighted by Gasteiger charge is 2.24. The van der Waals surface area contributed by atoms with Crippen molar-refractivity contribution in [1.29, 1.82) is 5.26 Å². The number of nitriles is 1. The van der Waals surface area contributed by atoms with E-state index in [1.165, 1.54) is 0 Å². The van der Waals surface area contributed by atoms with E-state index in [4.69, 9.17) is 5.26 Å². The first kappa shape index (κ1) is 15.0. The molecule has 1 heterocycles. The second-order valence-corrected chi connectivity index (χ2v) is 6.86. The van der Waals surface area contributed by atoms with Crippen molar-refractivity contribution in [2.24, 2.45) is 0 Å². The smallest absolute Gasteiger partial charge is 0.240 e. The van der Waals surface area contributed by atoms with Gasteiger partial charge < -0.3 is 0 Å². The van der Waals surface area contributed by atoms with E-state index in [-0.39, 0.29) is 6.04 Å². The first-order valence-corrected chi connectivity index (χ1v) is 8.18. The second-order valence-electron chi connectivity index (χ2n) is 5.15. The minimum absolute atomic E-state index is 0.0459. The molecule has 1 saturated heterocycles. The number of nitrogens with zero attached hydrogens (tertiary/aromatic N) is 2. The lowest BCUT2D eigenvalue weighted by Crippen LogP contribution is -2.44. The third kappa shape index (κ3) is 3.79. The van der Waals surface area contributed by atoms with Crippen LogP contribution in [0, 0.1) is 18.3 Å². The number of nitrogens with one attached hydrogen (secondary N) is 1.